The summed E-state index contributed by atoms with van der Waals surface area (Å²) in [6.07, 6.45) is 5.31. The quantitative estimate of drug-likeness (QED) is 0.124. The van der Waals surface area contributed by atoms with Crippen molar-refractivity contribution >= 4 is 62.6 Å². The molecule has 0 saturated carbocycles. The molecule has 13 heteroatoms. The number of carboxylic acid groups (broad SMARTS) is 1. The fourth-order valence-corrected chi connectivity index (χ4v) is 9.55. The van der Waals surface area contributed by atoms with Crippen LogP contribution in [0.5, 0.6) is 5.75 Å². The van der Waals surface area contributed by atoms with E-state index in [9.17, 15) is 9.90 Å². The van der Waals surface area contributed by atoms with Gasteiger partial charge in [-0.1, -0.05) is 29.3 Å². The summed E-state index contributed by atoms with van der Waals surface area (Å²) in [5.74, 6) is 0.324. The van der Waals surface area contributed by atoms with Crippen LogP contribution in [0.1, 0.15) is 87.0 Å². The van der Waals surface area contributed by atoms with Crippen molar-refractivity contribution in [1.29, 1.82) is 0 Å². The number of fused-ring (bicyclic) bond motifs is 4. The maximum Gasteiger partial charge on any atom is 0.335 e. The summed E-state index contributed by atoms with van der Waals surface area (Å²) in [6.45, 7) is 13.6. The molecule has 8 rings (SSSR count). The number of carbonyl (C=O) groups is 2. The number of nitrogens with one attached hydrogen (secondary N) is 1. The molecule has 0 radical (unpaired) electrons. The van der Waals surface area contributed by atoms with E-state index in [-0.39, 0.29) is 17.5 Å². The number of benzene rings is 3. The second-order valence-corrected chi connectivity index (χ2v) is 17.2. The maximum atomic E-state index is 15.2. The van der Waals surface area contributed by atoms with Crippen molar-refractivity contribution in [1.82, 2.24) is 29.3 Å². The Labute approximate surface area is 354 Å². The van der Waals surface area contributed by atoms with Gasteiger partial charge in [0, 0.05) is 75.7 Å². The van der Waals surface area contributed by atoms with E-state index in [2.05, 4.69) is 28.8 Å². The Morgan fingerprint density at radius 1 is 0.949 bits per heavy atom. The van der Waals surface area contributed by atoms with E-state index in [1.165, 1.54) is 0 Å². The normalized spacial score (nSPS) is 16.4. The number of anilines is 1. The van der Waals surface area contributed by atoms with Crippen LogP contribution in [-0.2, 0) is 20.0 Å². The lowest BCUT2D eigenvalue weighted by Crippen LogP contribution is -2.42. The van der Waals surface area contributed by atoms with Gasteiger partial charge in [0.2, 0.25) is 0 Å². The minimum atomic E-state index is -1.02. The van der Waals surface area contributed by atoms with Gasteiger partial charge in [-0.15, -0.1) is 0 Å². The molecule has 0 bridgehead atoms. The number of amides is 1. The molecule has 6 aromatic rings. The van der Waals surface area contributed by atoms with Crippen molar-refractivity contribution in [2.24, 2.45) is 7.05 Å². The summed E-state index contributed by atoms with van der Waals surface area (Å²) in [5, 5.41) is 16.5. The number of likely N-dealkylation sites (tertiary alicyclic amines) is 1. The van der Waals surface area contributed by atoms with Crippen LogP contribution in [0.2, 0.25) is 10.0 Å². The number of halogens is 2. The highest BCUT2D eigenvalue weighted by molar-refractivity contribution is 6.35. The highest BCUT2D eigenvalue weighted by atomic mass is 35.5. The van der Waals surface area contributed by atoms with Crippen molar-refractivity contribution in [2.75, 3.05) is 38.2 Å². The number of carboxylic acids is 1. The summed E-state index contributed by atoms with van der Waals surface area (Å²) >= 11 is 13.7. The number of nitrogens with zero attached hydrogens (tertiary/aromatic N) is 6. The molecule has 2 aliphatic heterocycles. The average molecular weight is 837 g/mol. The number of hydrogen-bond acceptors (Lipinski definition) is 7. The van der Waals surface area contributed by atoms with Crippen LogP contribution < -0.4 is 15.0 Å². The fraction of sp³-hybridized carbons (Fsp3) is 0.391. The third kappa shape index (κ3) is 7.58. The molecule has 0 spiro atoms. The average Bonchev–Trinajstić information content (AvgIpc) is 3.71. The van der Waals surface area contributed by atoms with E-state index < -0.39 is 5.97 Å². The molecule has 1 unspecified atom stereocenters. The molecular weight excluding hydrogens is 785 g/mol. The zero-order valence-corrected chi connectivity index (χ0v) is 36.3. The fourth-order valence-electron chi connectivity index (χ4n) is 9.20. The van der Waals surface area contributed by atoms with Crippen LogP contribution in [-0.4, -0.2) is 80.3 Å². The first kappa shape index (κ1) is 40.8. The summed E-state index contributed by atoms with van der Waals surface area (Å²) in [6, 6.07) is 13.2. The Morgan fingerprint density at radius 2 is 1.64 bits per heavy atom. The van der Waals surface area contributed by atoms with Crippen LogP contribution in [0, 0.1) is 27.7 Å². The van der Waals surface area contributed by atoms with Crippen molar-refractivity contribution in [2.45, 2.75) is 78.9 Å². The summed E-state index contributed by atoms with van der Waals surface area (Å²) < 4.78 is 10.4. The first-order valence-corrected chi connectivity index (χ1v) is 21.1. The predicted molar refractivity (Wildman–Crippen MR) is 236 cm³/mol. The number of piperidine rings is 1. The molecule has 1 fully saturated rings. The lowest BCUT2D eigenvalue weighted by molar-refractivity contribution is 0.0696. The SMILES string of the molecule is Cc1cc(OCCCc2c3n(c4c(-c5c(C)nc(CNC6CCN(C)CC6)nc5C)c(Cl)ccc24)C(C)CN(c2cn(C)c4ccc(C(=O)O)cc24)C3=O)cc(C)c1Cl. The van der Waals surface area contributed by atoms with Crippen LogP contribution >= 0.6 is 23.2 Å². The Hall–Kier alpha value is -4.94. The zero-order valence-electron chi connectivity index (χ0n) is 34.7. The number of hydrogen-bond donors (Lipinski definition) is 2. The third-order valence-electron chi connectivity index (χ3n) is 12.1. The Bertz CT molecular complexity index is 2600. The predicted octanol–water partition coefficient (Wildman–Crippen LogP) is 9.25. The Kier molecular flexibility index (Phi) is 11.2. The van der Waals surface area contributed by atoms with Gasteiger partial charge in [0.25, 0.3) is 5.91 Å². The minimum absolute atomic E-state index is 0.158. The van der Waals surface area contributed by atoms with E-state index in [0.29, 0.717) is 60.4 Å². The van der Waals surface area contributed by atoms with E-state index >= 15 is 4.79 Å². The van der Waals surface area contributed by atoms with Crippen LogP contribution in [0.3, 0.4) is 0 Å². The van der Waals surface area contributed by atoms with Gasteiger partial charge in [0.15, 0.2) is 0 Å². The largest absolute Gasteiger partial charge is 0.494 e. The molecule has 59 heavy (non-hydrogen) atoms. The Morgan fingerprint density at radius 3 is 2.32 bits per heavy atom. The van der Waals surface area contributed by atoms with Gasteiger partial charge >= 0.3 is 5.97 Å². The molecule has 3 aromatic heterocycles. The molecule has 0 aliphatic carbocycles. The standard InChI is InChI=1S/C46H51Cl2N7O4/c1-25-19-32(20-26(2)42(25)48)59-18-8-9-33-34-11-12-36(47)41(40-28(4)50-39(51-29(40)5)22-49-31-14-16-52(6)17-15-31)43(34)55-27(3)23-54(45(56)44(33)55)38-24-53(7)37-13-10-30(46(57)58)21-35(37)38/h10-13,19-21,24,27,31,49H,8-9,14-18,22-23H2,1-7H3,(H,57,58). The lowest BCUT2D eigenvalue weighted by atomic mass is 9.97. The summed E-state index contributed by atoms with van der Waals surface area (Å²) in [7, 11) is 4.07. The van der Waals surface area contributed by atoms with E-state index in [4.69, 9.17) is 37.9 Å². The van der Waals surface area contributed by atoms with Gasteiger partial charge in [-0.3, -0.25) is 4.79 Å². The monoisotopic (exact) mass is 835 g/mol. The molecule has 1 saturated heterocycles. The van der Waals surface area contributed by atoms with Crippen molar-refractivity contribution in [3.63, 3.8) is 0 Å². The van der Waals surface area contributed by atoms with Crippen molar-refractivity contribution < 1.29 is 19.4 Å². The second-order valence-electron chi connectivity index (χ2n) is 16.4. The molecule has 11 nitrogen and oxygen atoms in total. The van der Waals surface area contributed by atoms with Gasteiger partial charge in [0.1, 0.15) is 17.3 Å². The molecule has 2 N–H and O–H groups in total. The Balaban J connectivity index is 1.22. The highest BCUT2D eigenvalue weighted by Gasteiger charge is 2.37. The van der Waals surface area contributed by atoms with Crippen LogP contribution in [0.25, 0.3) is 32.9 Å². The minimum Gasteiger partial charge on any atom is -0.494 e. The van der Waals surface area contributed by atoms with Gasteiger partial charge in [-0.05, 0) is 134 Å². The number of rotatable bonds is 11. The second kappa shape index (κ2) is 16.3. The van der Waals surface area contributed by atoms with Gasteiger partial charge < -0.3 is 34.1 Å². The summed E-state index contributed by atoms with van der Waals surface area (Å²) in [5.41, 5.74) is 9.30. The number of carbonyl (C=O) groups excluding carboxylic acids is 1. The van der Waals surface area contributed by atoms with Crippen LogP contribution in [0.15, 0.2) is 48.7 Å². The van der Waals surface area contributed by atoms with Gasteiger partial charge in [0.05, 0.1) is 34.9 Å². The highest BCUT2D eigenvalue weighted by Crippen LogP contribution is 2.45. The number of ether oxygens (including phenoxy) is 1. The topological polar surface area (TPSA) is 118 Å². The van der Waals surface area contributed by atoms with Crippen molar-refractivity contribution in [3.05, 3.63) is 104 Å². The molecule has 1 amide bonds. The number of aromatic carboxylic acids is 1. The lowest BCUT2D eigenvalue weighted by Gasteiger charge is -2.34. The van der Waals surface area contributed by atoms with Crippen molar-refractivity contribution in [3.8, 4) is 16.9 Å². The molecule has 3 aromatic carbocycles. The van der Waals surface area contributed by atoms with E-state index in [0.717, 1.165) is 98.2 Å². The summed E-state index contributed by atoms with van der Waals surface area (Å²) in [4.78, 5) is 41.4. The zero-order chi connectivity index (χ0) is 41.9. The van der Waals surface area contributed by atoms with Gasteiger partial charge in [-0.25, -0.2) is 14.8 Å². The first-order valence-electron chi connectivity index (χ1n) is 20.4. The molecule has 5 heterocycles. The van der Waals surface area contributed by atoms with Crippen LogP contribution in [0.4, 0.5) is 5.69 Å². The number of aryl methyl sites for hydroxylation is 6. The smallest absolute Gasteiger partial charge is 0.335 e. The van der Waals surface area contributed by atoms with E-state index in [1.54, 1.807) is 23.1 Å². The van der Waals surface area contributed by atoms with Gasteiger partial charge in [-0.2, -0.15) is 0 Å². The molecule has 1 atom stereocenters. The first-order chi connectivity index (χ1) is 28.2. The van der Waals surface area contributed by atoms with E-state index in [1.807, 2.05) is 69.8 Å². The molecule has 308 valence electrons. The molecular formula is C46H51Cl2N7O4. The number of aromatic nitrogens is 4. The molecule has 2 aliphatic rings. The maximum absolute atomic E-state index is 15.2. The third-order valence-corrected chi connectivity index (χ3v) is 13.1.